The topological polar surface area (TPSA) is 52.6 Å². The average molecular weight is 473 g/mol. The fraction of sp³-hybridized carbons (Fsp3) is 0.520. The van der Waals surface area contributed by atoms with Gasteiger partial charge in [-0.1, -0.05) is 42.1 Å². The molecular weight excluding hydrogens is 444 g/mol. The van der Waals surface area contributed by atoms with E-state index in [1.54, 1.807) is 0 Å². The molecule has 1 aliphatic heterocycles. The van der Waals surface area contributed by atoms with Crippen LogP contribution in [0.1, 0.15) is 82.6 Å². The molecule has 0 bridgehead atoms. The van der Waals surface area contributed by atoms with Crippen LogP contribution in [0.2, 0.25) is 0 Å². The van der Waals surface area contributed by atoms with Gasteiger partial charge in [0.15, 0.2) is 11.6 Å². The highest BCUT2D eigenvalue weighted by Crippen LogP contribution is 2.50. The van der Waals surface area contributed by atoms with E-state index in [4.69, 9.17) is 9.47 Å². The quantitative estimate of drug-likeness (QED) is 0.422. The minimum atomic E-state index is -0.382. The van der Waals surface area contributed by atoms with Crippen molar-refractivity contribution in [1.29, 1.82) is 0 Å². The Bertz CT molecular complexity index is 870. The van der Waals surface area contributed by atoms with Crippen molar-refractivity contribution in [2.75, 3.05) is 6.61 Å². The molecule has 1 heterocycles. The lowest BCUT2D eigenvalue weighted by Gasteiger charge is -2.36. The number of benzene rings is 1. The second-order valence-electron chi connectivity index (χ2n) is 8.35. The molecule has 0 saturated heterocycles. The third-order valence-electron chi connectivity index (χ3n) is 6.18. The first-order chi connectivity index (χ1) is 14.6. The average Bonchev–Trinajstić information content (AvgIpc) is 2.73. The summed E-state index contributed by atoms with van der Waals surface area (Å²) < 4.78 is 13.3. The van der Waals surface area contributed by atoms with Crippen LogP contribution in [0.4, 0.5) is 0 Å². The summed E-state index contributed by atoms with van der Waals surface area (Å²) in [6.45, 7) is 2.83. The molecule has 0 N–H and O–H groups in total. The number of halogens is 1. The van der Waals surface area contributed by atoms with Crippen LogP contribution in [-0.4, -0.2) is 18.2 Å². The van der Waals surface area contributed by atoms with Gasteiger partial charge < -0.3 is 9.47 Å². The Kier molecular flexibility index (Phi) is 6.77. The number of ether oxygens (including phenoxy) is 2. The number of ketones is 2. The highest BCUT2D eigenvalue weighted by molar-refractivity contribution is 9.10. The number of carbonyl (C=O) groups is 2. The van der Waals surface area contributed by atoms with Gasteiger partial charge in [-0.2, -0.15) is 0 Å². The summed E-state index contributed by atoms with van der Waals surface area (Å²) in [6, 6.07) is 5.92. The molecular formula is C25H29BrO4. The van der Waals surface area contributed by atoms with Crippen LogP contribution in [-0.2, 0) is 14.3 Å². The van der Waals surface area contributed by atoms with E-state index in [2.05, 4.69) is 22.9 Å². The maximum absolute atomic E-state index is 13.0. The van der Waals surface area contributed by atoms with Gasteiger partial charge in [0.2, 0.25) is 0 Å². The fourth-order valence-corrected chi connectivity index (χ4v) is 5.09. The highest BCUT2D eigenvalue weighted by Gasteiger charge is 2.42. The zero-order valence-corrected chi connectivity index (χ0v) is 19.2. The molecule has 3 aliphatic rings. The number of unbranched alkanes of at least 4 members (excludes halogenated alkanes) is 3. The van der Waals surface area contributed by atoms with Gasteiger partial charge in [-0.3, -0.25) is 9.59 Å². The van der Waals surface area contributed by atoms with Crippen LogP contribution < -0.4 is 4.74 Å². The van der Waals surface area contributed by atoms with Gasteiger partial charge in [-0.05, 0) is 37.5 Å². The molecule has 160 valence electrons. The van der Waals surface area contributed by atoms with Crippen molar-refractivity contribution in [2.24, 2.45) is 0 Å². The molecule has 4 rings (SSSR count). The second kappa shape index (κ2) is 9.51. The predicted molar refractivity (Wildman–Crippen MR) is 119 cm³/mol. The summed E-state index contributed by atoms with van der Waals surface area (Å²) in [6.07, 6.45) is 8.66. The Morgan fingerprint density at radius 2 is 1.63 bits per heavy atom. The Hall–Kier alpha value is -1.88. The van der Waals surface area contributed by atoms with Crippen LogP contribution in [0.3, 0.4) is 0 Å². The van der Waals surface area contributed by atoms with Crippen molar-refractivity contribution in [3.05, 3.63) is 50.9 Å². The SMILES string of the molecule is CCCCCCOc1ccc(Br)cc1C1C2=C(CCCC2=O)OC2=C1C(=O)CCC2. The van der Waals surface area contributed by atoms with E-state index in [1.165, 1.54) is 12.8 Å². The fourth-order valence-electron chi connectivity index (χ4n) is 4.72. The zero-order valence-electron chi connectivity index (χ0n) is 17.6. The Balaban J connectivity index is 1.75. The smallest absolute Gasteiger partial charge is 0.163 e. The third kappa shape index (κ3) is 4.27. The summed E-state index contributed by atoms with van der Waals surface area (Å²) in [4.78, 5) is 26.0. The van der Waals surface area contributed by atoms with Crippen molar-refractivity contribution in [2.45, 2.75) is 77.0 Å². The van der Waals surface area contributed by atoms with Crippen molar-refractivity contribution in [3.63, 3.8) is 0 Å². The predicted octanol–water partition coefficient (Wildman–Crippen LogP) is 6.54. The van der Waals surface area contributed by atoms with E-state index in [9.17, 15) is 9.59 Å². The number of Topliss-reactive ketones (excluding diaryl/α,β-unsaturated/α-hetero) is 2. The molecule has 30 heavy (non-hydrogen) atoms. The molecule has 2 aliphatic carbocycles. The van der Waals surface area contributed by atoms with E-state index >= 15 is 0 Å². The van der Waals surface area contributed by atoms with Crippen LogP contribution in [0.5, 0.6) is 5.75 Å². The lowest BCUT2D eigenvalue weighted by molar-refractivity contribution is -0.117. The van der Waals surface area contributed by atoms with E-state index in [0.29, 0.717) is 30.6 Å². The van der Waals surface area contributed by atoms with E-state index in [-0.39, 0.29) is 17.5 Å². The lowest BCUT2D eigenvalue weighted by atomic mass is 9.73. The van der Waals surface area contributed by atoms with Gasteiger partial charge in [0.25, 0.3) is 0 Å². The molecule has 0 aromatic heterocycles. The van der Waals surface area contributed by atoms with Crippen molar-refractivity contribution < 1.29 is 19.1 Å². The standard InChI is InChI=1S/C25H29BrO4/c1-2-3-4-5-14-29-20-13-12-16(26)15-17(20)23-24-18(27)8-6-10-21(24)30-22-11-7-9-19(28)25(22)23/h12-13,15,23H,2-11,14H2,1H3. The van der Waals surface area contributed by atoms with Crippen LogP contribution in [0, 0.1) is 0 Å². The minimum absolute atomic E-state index is 0.0973. The van der Waals surface area contributed by atoms with Gasteiger partial charge in [0.1, 0.15) is 17.3 Å². The van der Waals surface area contributed by atoms with Crippen molar-refractivity contribution in [3.8, 4) is 5.75 Å². The molecule has 1 aromatic carbocycles. The first-order valence-electron chi connectivity index (χ1n) is 11.2. The van der Waals surface area contributed by atoms with Gasteiger partial charge in [0.05, 0.1) is 12.5 Å². The van der Waals surface area contributed by atoms with E-state index < -0.39 is 0 Å². The maximum atomic E-state index is 13.0. The van der Waals surface area contributed by atoms with E-state index in [1.807, 2.05) is 18.2 Å². The molecule has 0 saturated carbocycles. The number of allylic oxidation sites excluding steroid dienone is 4. The molecule has 1 aromatic rings. The number of carbonyl (C=O) groups excluding carboxylic acids is 2. The normalized spacial score (nSPS) is 19.5. The first-order valence-corrected chi connectivity index (χ1v) is 12.0. The number of rotatable bonds is 7. The summed E-state index contributed by atoms with van der Waals surface area (Å²) in [5, 5.41) is 0. The molecule has 0 atom stereocenters. The monoisotopic (exact) mass is 472 g/mol. The van der Waals surface area contributed by atoms with Gasteiger partial charge in [-0.15, -0.1) is 0 Å². The van der Waals surface area contributed by atoms with Crippen molar-refractivity contribution in [1.82, 2.24) is 0 Å². The summed E-state index contributed by atoms with van der Waals surface area (Å²) >= 11 is 3.58. The lowest BCUT2D eigenvalue weighted by Crippen LogP contribution is -2.30. The summed E-state index contributed by atoms with van der Waals surface area (Å²) in [5.74, 6) is 2.10. The molecule has 0 amide bonds. The Morgan fingerprint density at radius 3 is 2.27 bits per heavy atom. The van der Waals surface area contributed by atoms with Crippen LogP contribution in [0.15, 0.2) is 45.3 Å². The van der Waals surface area contributed by atoms with E-state index in [0.717, 1.165) is 65.8 Å². The molecule has 0 fully saturated rings. The molecule has 5 heteroatoms. The van der Waals surface area contributed by atoms with Gasteiger partial charge >= 0.3 is 0 Å². The highest BCUT2D eigenvalue weighted by atomic mass is 79.9. The Labute approximate surface area is 186 Å². The summed E-state index contributed by atoms with van der Waals surface area (Å²) in [7, 11) is 0. The third-order valence-corrected chi connectivity index (χ3v) is 6.67. The van der Waals surface area contributed by atoms with Crippen molar-refractivity contribution >= 4 is 27.5 Å². The first kappa shape index (κ1) is 21.4. The second-order valence-corrected chi connectivity index (χ2v) is 9.27. The molecule has 0 spiro atoms. The number of hydrogen-bond acceptors (Lipinski definition) is 4. The number of hydrogen-bond donors (Lipinski definition) is 0. The maximum Gasteiger partial charge on any atom is 0.163 e. The van der Waals surface area contributed by atoms with Gasteiger partial charge in [0, 0.05) is 46.9 Å². The van der Waals surface area contributed by atoms with Gasteiger partial charge in [-0.25, -0.2) is 0 Å². The zero-order chi connectivity index (χ0) is 21.1. The van der Waals surface area contributed by atoms with Crippen LogP contribution in [0.25, 0.3) is 0 Å². The largest absolute Gasteiger partial charge is 0.493 e. The van der Waals surface area contributed by atoms with Crippen LogP contribution >= 0.6 is 15.9 Å². The molecule has 0 radical (unpaired) electrons. The molecule has 0 unspecified atom stereocenters. The summed E-state index contributed by atoms with van der Waals surface area (Å²) in [5.41, 5.74) is 2.24. The minimum Gasteiger partial charge on any atom is -0.493 e. The Morgan fingerprint density at radius 1 is 0.967 bits per heavy atom. The molecule has 4 nitrogen and oxygen atoms in total.